The van der Waals surface area contributed by atoms with Gasteiger partial charge in [0.1, 0.15) is 5.82 Å². The van der Waals surface area contributed by atoms with Gasteiger partial charge in [-0.2, -0.15) is 5.10 Å². The monoisotopic (exact) mass is 516 g/mol. The third-order valence-corrected chi connectivity index (χ3v) is 7.35. The Kier molecular flexibility index (Phi) is 6.65. The van der Waals surface area contributed by atoms with E-state index < -0.39 is 23.0 Å². The molecule has 2 aliphatic rings. The molecule has 2 fully saturated rings. The zero-order valence-electron chi connectivity index (χ0n) is 19.8. The Morgan fingerprint density at radius 3 is 2.64 bits per heavy atom. The number of piperidine rings is 1. The molecule has 0 amide bonds. The molecule has 190 valence electrons. The highest BCUT2D eigenvalue weighted by Crippen LogP contribution is 2.43. The van der Waals surface area contributed by atoms with Crippen molar-refractivity contribution in [3.63, 3.8) is 0 Å². The Hall–Kier alpha value is -3.11. The molecule has 1 aliphatic heterocycles. The summed E-state index contributed by atoms with van der Waals surface area (Å²) in [6.45, 7) is 3.04. The van der Waals surface area contributed by atoms with E-state index in [1.807, 2.05) is 11.8 Å². The number of benzene rings is 1. The van der Waals surface area contributed by atoms with Crippen LogP contribution >= 0.6 is 11.6 Å². The molecule has 0 unspecified atom stereocenters. The van der Waals surface area contributed by atoms with Crippen molar-refractivity contribution in [1.82, 2.24) is 25.1 Å². The zero-order valence-corrected chi connectivity index (χ0v) is 20.6. The van der Waals surface area contributed by atoms with Gasteiger partial charge in [0.15, 0.2) is 11.6 Å². The first-order valence-electron chi connectivity index (χ1n) is 12.0. The Bertz CT molecular complexity index is 1290. The van der Waals surface area contributed by atoms with E-state index in [0.29, 0.717) is 36.7 Å². The number of H-pyrrole nitrogens is 1. The first-order valence-corrected chi connectivity index (χ1v) is 12.4. The molecular formula is C25H27ClF2N6O2. The largest absolute Gasteiger partial charge is 0.481 e. The lowest BCUT2D eigenvalue weighted by atomic mass is 9.74. The summed E-state index contributed by atoms with van der Waals surface area (Å²) >= 11 is 5.90. The average molecular weight is 517 g/mol. The van der Waals surface area contributed by atoms with Gasteiger partial charge in [0.25, 0.3) is 0 Å². The maximum Gasteiger partial charge on any atom is 0.310 e. The summed E-state index contributed by atoms with van der Waals surface area (Å²) in [5, 5.41) is 20.2. The first-order chi connectivity index (χ1) is 17.2. The number of hydrogen-bond acceptors (Lipinski definition) is 6. The van der Waals surface area contributed by atoms with Gasteiger partial charge in [-0.25, -0.2) is 18.7 Å². The van der Waals surface area contributed by atoms with E-state index >= 15 is 4.39 Å². The van der Waals surface area contributed by atoms with Crippen molar-refractivity contribution in [1.29, 1.82) is 0 Å². The molecule has 3 aromatic rings. The predicted octanol–water partition coefficient (Wildman–Crippen LogP) is 4.97. The van der Waals surface area contributed by atoms with Crippen LogP contribution < -0.4 is 5.32 Å². The van der Waals surface area contributed by atoms with Crippen molar-refractivity contribution in [3.05, 3.63) is 63.6 Å². The van der Waals surface area contributed by atoms with Crippen molar-refractivity contribution in [2.75, 3.05) is 18.4 Å². The molecule has 3 N–H and O–H groups in total. The SMILES string of the molecule is Cc1cc(Nc2nc(CC3(C(=O)O)CCN(Cc4cccc(Cl)c4F)CC3)c(F)c(C3CC3)n2)n[nH]1. The van der Waals surface area contributed by atoms with Gasteiger partial charge in [0, 0.05) is 36.2 Å². The van der Waals surface area contributed by atoms with Crippen molar-refractivity contribution in [2.45, 2.75) is 51.5 Å². The van der Waals surface area contributed by atoms with Gasteiger partial charge >= 0.3 is 5.97 Å². The first kappa shape index (κ1) is 24.6. The van der Waals surface area contributed by atoms with Gasteiger partial charge < -0.3 is 10.4 Å². The molecule has 0 radical (unpaired) electrons. The van der Waals surface area contributed by atoms with Crippen LogP contribution in [0, 0.1) is 24.0 Å². The quantitative estimate of drug-likeness (QED) is 0.388. The summed E-state index contributed by atoms with van der Waals surface area (Å²) in [4.78, 5) is 23.2. The number of rotatable bonds is 8. The summed E-state index contributed by atoms with van der Waals surface area (Å²) in [6.07, 6.45) is 2.20. The van der Waals surface area contributed by atoms with Crippen molar-refractivity contribution < 1.29 is 18.7 Å². The number of likely N-dealkylation sites (tertiary alicyclic amines) is 1. The number of aryl methyl sites for hydroxylation is 1. The molecule has 5 rings (SSSR count). The molecule has 1 saturated carbocycles. The fourth-order valence-corrected chi connectivity index (χ4v) is 4.94. The fraction of sp³-hybridized carbons (Fsp3) is 0.440. The van der Waals surface area contributed by atoms with Gasteiger partial charge in [-0.3, -0.25) is 14.8 Å². The second kappa shape index (κ2) is 9.74. The number of carboxylic acid groups (broad SMARTS) is 1. The van der Waals surface area contributed by atoms with E-state index in [2.05, 4.69) is 25.5 Å². The van der Waals surface area contributed by atoms with Crippen LogP contribution in [0.1, 0.15) is 54.2 Å². The van der Waals surface area contributed by atoms with E-state index in [-0.39, 0.29) is 41.8 Å². The molecule has 11 heteroatoms. The van der Waals surface area contributed by atoms with Crippen LogP contribution in [0.5, 0.6) is 0 Å². The van der Waals surface area contributed by atoms with E-state index in [4.69, 9.17) is 11.6 Å². The van der Waals surface area contributed by atoms with Gasteiger partial charge in [-0.1, -0.05) is 23.7 Å². The summed E-state index contributed by atoms with van der Waals surface area (Å²) < 4.78 is 29.8. The van der Waals surface area contributed by atoms with Gasteiger partial charge in [-0.05, 0) is 51.8 Å². The average Bonchev–Trinajstić information content (AvgIpc) is 3.61. The van der Waals surface area contributed by atoms with Crippen LogP contribution in [0.2, 0.25) is 5.02 Å². The van der Waals surface area contributed by atoms with Crippen molar-refractivity contribution >= 4 is 29.3 Å². The maximum atomic E-state index is 15.5. The molecule has 0 bridgehead atoms. The summed E-state index contributed by atoms with van der Waals surface area (Å²) in [6, 6.07) is 6.64. The number of aromatic nitrogens is 4. The summed E-state index contributed by atoms with van der Waals surface area (Å²) in [5.74, 6) is -1.25. The van der Waals surface area contributed by atoms with Crippen LogP contribution in [-0.4, -0.2) is 49.2 Å². The molecule has 36 heavy (non-hydrogen) atoms. The lowest BCUT2D eigenvalue weighted by Crippen LogP contribution is -2.45. The van der Waals surface area contributed by atoms with Gasteiger partial charge in [0.2, 0.25) is 5.95 Å². The summed E-state index contributed by atoms with van der Waals surface area (Å²) in [5.41, 5.74) is 0.546. The van der Waals surface area contributed by atoms with E-state index in [9.17, 15) is 14.3 Å². The minimum Gasteiger partial charge on any atom is -0.481 e. The fourth-order valence-electron chi connectivity index (χ4n) is 4.75. The number of halogens is 3. The molecule has 2 aromatic heterocycles. The molecule has 1 aliphatic carbocycles. The third kappa shape index (κ3) is 5.05. The Morgan fingerprint density at radius 2 is 2.00 bits per heavy atom. The minimum absolute atomic E-state index is 0.0171. The van der Waals surface area contributed by atoms with E-state index in [1.165, 1.54) is 6.07 Å². The Labute approximate surface area is 212 Å². The number of anilines is 2. The normalized spacial score (nSPS) is 17.8. The van der Waals surface area contributed by atoms with Crippen LogP contribution in [-0.2, 0) is 17.8 Å². The number of hydrogen-bond donors (Lipinski definition) is 3. The third-order valence-electron chi connectivity index (χ3n) is 7.05. The number of nitrogens with zero attached hydrogens (tertiary/aromatic N) is 4. The zero-order chi connectivity index (χ0) is 25.4. The number of aliphatic carboxylic acids is 1. The van der Waals surface area contributed by atoms with Crippen LogP contribution in [0.15, 0.2) is 24.3 Å². The number of aromatic amines is 1. The van der Waals surface area contributed by atoms with Crippen molar-refractivity contribution in [2.24, 2.45) is 5.41 Å². The molecule has 1 saturated heterocycles. The highest BCUT2D eigenvalue weighted by atomic mass is 35.5. The molecular weight excluding hydrogens is 490 g/mol. The van der Waals surface area contributed by atoms with E-state index in [0.717, 1.165) is 18.5 Å². The topological polar surface area (TPSA) is 107 Å². The number of carbonyl (C=O) groups is 1. The molecule has 0 atom stereocenters. The lowest BCUT2D eigenvalue weighted by Gasteiger charge is -2.39. The molecule has 0 spiro atoms. The van der Waals surface area contributed by atoms with Gasteiger partial charge in [0.05, 0.1) is 21.8 Å². The predicted molar refractivity (Wildman–Crippen MR) is 130 cm³/mol. The number of nitrogens with one attached hydrogen (secondary N) is 2. The minimum atomic E-state index is -1.18. The smallest absolute Gasteiger partial charge is 0.310 e. The maximum absolute atomic E-state index is 15.5. The summed E-state index contributed by atoms with van der Waals surface area (Å²) in [7, 11) is 0. The second-order valence-corrected chi connectivity index (χ2v) is 10.2. The Morgan fingerprint density at radius 1 is 1.25 bits per heavy atom. The lowest BCUT2D eigenvalue weighted by molar-refractivity contribution is -0.152. The van der Waals surface area contributed by atoms with Crippen molar-refractivity contribution in [3.8, 4) is 0 Å². The van der Waals surface area contributed by atoms with Gasteiger partial charge in [-0.15, -0.1) is 0 Å². The number of carboxylic acids is 1. The van der Waals surface area contributed by atoms with Crippen LogP contribution in [0.25, 0.3) is 0 Å². The standard InChI is InChI=1S/C25H27ClF2N6O2/c1-14-11-19(33-32-14)30-24-29-18(21(28)22(31-24)15-5-6-15)12-25(23(35)36)7-9-34(10-8-25)13-16-3-2-4-17(26)20(16)27/h2-4,11,15H,5-10,12-13H2,1H3,(H,35,36)(H2,29,30,31,32,33). The Balaban J connectivity index is 1.36. The second-order valence-electron chi connectivity index (χ2n) is 9.78. The molecule has 3 heterocycles. The highest BCUT2D eigenvalue weighted by molar-refractivity contribution is 6.30. The van der Waals surface area contributed by atoms with Crippen LogP contribution in [0.3, 0.4) is 0 Å². The van der Waals surface area contributed by atoms with Crippen LogP contribution in [0.4, 0.5) is 20.5 Å². The highest BCUT2D eigenvalue weighted by Gasteiger charge is 2.43. The molecule has 8 nitrogen and oxygen atoms in total. The molecule has 1 aromatic carbocycles. The van der Waals surface area contributed by atoms with E-state index in [1.54, 1.807) is 18.2 Å².